The van der Waals surface area contributed by atoms with Crippen LogP contribution in [0.2, 0.25) is 0 Å². The van der Waals surface area contributed by atoms with E-state index in [1.807, 2.05) is 66.7 Å². The normalized spacial score (nSPS) is 15.0. The summed E-state index contributed by atoms with van der Waals surface area (Å²) >= 11 is 3.62. The summed E-state index contributed by atoms with van der Waals surface area (Å²) in [4.78, 5) is 28.0. The number of ether oxygens (including phenoxy) is 1. The van der Waals surface area contributed by atoms with Crippen molar-refractivity contribution < 1.29 is 14.3 Å². The lowest BCUT2D eigenvalue weighted by molar-refractivity contribution is -0.142. The van der Waals surface area contributed by atoms with Gasteiger partial charge >= 0.3 is 0 Å². The molecule has 34 heavy (non-hydrogen) atoms. The lowest BCUT2D eigenvalue weighted by Gasteiger charge is -2.31. The smallest absolute Gasteiger partial charge is 0.261 e. The van der Waals surface area contributed by atoms with E-state index in [1.54, 1.807) is 11.8 Å². The Bertz CT molecular complexity index is 1130. The maximum absolute atomic E-state index is 13.3. The van der Waals surface area contributed by atoms with Gasteiger partial charge in [0.25, 0.3) is 5.91 Å². The standard InChI is InChI=1S/C28H31BrN2O3/c1-20(28(33)30-23-13-6-3-7-14-23)31(18-21-10-4-2-5-11-21)26(32)19-34-25-17-16-22-12-8-9-15-24(22)27(25)29/h2,4-5,8-12,15-17,20,23H,3,6-7,13-14,18-19H2,1H3,(H,30,33). The average molecular weight is 523 g/mol. The van der Waals surface area contributed by atoms with Crippen LogP contribution in [0.15, 0.2) is 71.2 Å². The molecule has 1 saturated carbocycles. The van der Waals surface area contributed by atoms with Crippen LogP contribution in [-0.4, -0.2) is 35.4 Å². The molecule has 4 rings (SSSR count). The molecule has 0 aliphatic heterocycles. The number of halogens is 1. The fourth-order valence-electron chi connectivity index (χ4n) is 4.48. The third-order valence-electron chi connectivity index (χ3n) is 6.49. The molecule has 0 saturated heterocycles. The Kier molecular flexibility index (Phi) is 8.22. The molecule has 0 radical (unpaired) electrons. The Hall–Kier alpha value is -2.86. The first-order chi connectivity index (χ1) is 16.5. The molecule has 0 bridgehead atoms. The van der Waals surface area contributed by atoms with E-state index in [4.69, 9.17) is 4.74 Å². The highest BCUT2D eigenvalue weighted by Crippen LogP contribution is 2.33. The fourth-order valence-corrected chi connectivity index (χ4v) is 5.09. The van der Waals surface area contributed by atoms with E-state index < -0.39 is 6.04 Å². The molecule has 6 heteroatoms. The van der Waals surface area contributed by atoms with Crippen molar-refractivity contribution in [1.29, 1.82) is 0 Å². The molecule has 1 aliphatic carbocycles. The summed E-state index contributed by atoms with van der Waals surface area (Å²) in [5, 5.41) is 5.27. The maximum atomic E-state index is 13.3. The zero-order valence-electron chi connectivity index (χ0n) is 19.5. The van der Waals surface area contributed by atoms with Gasteiger partial charge in [-0.3, -0.25) is 9.59 Å². The highest BCUT2D eigenvalue weighted by atomic mass is 79.9. The molecule has 5 nitrogen and oxygen atoms in total. The highest BCUT2D eigenvalue weighted by Gasteiger charge is 2.28. The summed E-state index contributed by atoms with van der Waals surface area (Å²) in [5.74, 6) is 0.268. The van der Waals surface area contributed by atoms with Crippen molar-refractivity contribution in [2.45, 2.75) is 57.7 Å². The van der Waals surface area contributed by atoms with E-state index in [0.717, 1.165) is 46.5 Å². The number of hydrogen-bond donors (Lipinski definition) is 1. The molecule has 1 unspecified atom stereocenters. The van der Waals surface area contributed by atoms with Crippen LogP contribution in [0, 0.1) is 0 Å². The van der Waals surface area contributed by atoms with Gasteiger partial charge in [0.15, 0.2) is 6.61 Å². The van der Waals surface area contributed by atoms with Crippen LogP contribution in [-0.2, 0) is 16.1 Å². The summed E-state index contributed by atoms with van der Waals surface area (Å²) in [5.41, 5.74) is 0.972. The number of nitrogens with one attached hydrogen (secondary N) is 1. The van der Waals surface area contributed by atoms with Crippen molar-refractivity contribution in [3.63, 3.8) is 0 Å². The Labute approximate surface area is 209 Å². The van der Waals surface area contributed by atoms with Gasteiger partial charge in [-0.25, -0.2) is 0 Å². The number of rotatable bonds is 8. The van der Waals surface area contributed by atoms with Gasteiger partial charge in [-0.1, -0.05) is 79.9 Å². The first-order valence-electron chi connectivity index (χ1n) is 12.0. The van der Waals surface area contributed by atoms with Crippen LogP contribution in [0.4, 0.5) is 0 Å². The van der Waals surface area contributed by atoms with Crippen molar-refractivity contribution in [3.05, 3.63) is 76.8 Å². The first-order valence-corrected chi connectivity index (χ1v) is 12.8. The van der Waals surface area contributed by atoms with E-state index in [1.165, 1.54) is 6.42 Å². The second-order valence-corrected chi connectivity index (χ2v) is 9.71. The van der Waals surface area contributed by atoms with E-state index in [9.17, 15) is 9.59 Å². The molecule has 178 valence electrons. The number of benzene rings is 3. The largest absolute Gasteiger partial charge is 0.483 e. The van der Waals surface area contributed by atoms with Gasteiger partial charge in [-0.2, -0.15) is 0 Å². The van der Waals surface area contributed by atoms with Gasteiger partial charge in [0.2, 0.25) is 5.91 Å². The van der Waals surface area contributed by atoms with E-state index in [-0.39, 0.29) is 24.5 Å². The Morgan fingerprint density at radius 3 is 2.47 bits per heavy atom. The minimum atomic E-state index is -0.599. The summed E-state index contributed by atoms with van der Waals surface area (Å²) in [6, 6.07) is 21.2. The number of carbonyl (C=O) groups is 2. The Morgan fingerprint density at radius 1 is 1.00 bits per heavy atom. The summed E-state index contributed by atoms with van der Waals surface area (Å²) in [7, 11) is 0. The third kappa shape index (κ3) is 5.98. The van der Waals surface area contributed by atoms with Crippen LogP contribution in [0.5, 0.6) is 5.75 Å². The summed E-state index contributed by atoms with van der Waals surface area (Å²) < 4.78 is 6.75. The number of carbonyl (C=O) groups excluding carboxylic acids is 2. The van der Waals surface area contributed by atoms with Crippen molar-refractivity contribution in [3.8, 4) is 5.75 Å². The predicted octanol–water partition coefficient (Wildman–Crippen LogP) is 5.85. The second kappa shape index (κ2) is 11.5. The monoisotopic (exact) mass is 522 g/mol. The quantitative estimate of drug-likeness (QED) is 0.403. The molecule has 3 aromatic carbocycles. The number of hydrogen-bond acceptors (Lipinski definition) is 3. The lowest BCUT2D eigenvalue weighted by atomic mass is 9.95. The summed E-state index contributed by atoms with van der Waals surface area (Å²) in [6.07, 6.45) is 5.51. The van der Waals surface area contributed by atoms with Gasteiger partial charge in [0.05, 0.1) is 4.47 Å². The number of amides is 2. The van der Waals surface area contributed by atoms with E-state index in [2.05, 4.69) is 21.2 Å². The lowest BCUT2D eigenvalue weighted by Crippen LogP contribution is -2.51. The maximum Gasteiger partial charge on any atom is 0.261 e. The zero-order chi connectivity index (χ0) is 23.9. The molecule has 1 N–H and O–H groups in total. The second-order valence-electron chi connectivity index (χ2n) is 8.91. The average Bonchev–Trinajstić information content (AvgIpc) is 2.87. The molecule has 1 atom stereocenters. The van der Waals surface area contributed by atoms with Gasteiger partial charge < -0.3 is 15.0 Å². The molecule has 0 heterocycles. The Morgan fingerprint density at radius 2 is 1.71 bits per heavy atom. The Balaban J connectivity index is 1.48. The van der Waals surface area contributed by atoms with Crippen molar-refractivity contribution >= 4 is 38.5 Å². The van der Waals surface area contributed by atoms with Gasteiger partial charge in [0, 0.05) is 12.6 Å². The molecular weight excluding hydrogens is 492 g/mol. The molecule has 1 aliphatic rings. The molecule has 0 aromatic heterocycles. The molecule has 1 fully saturated rings. The van der Waals surface area contributed by atoms with Crippen LogP contribution in [0.1, 0.15) is 44.6 Å². The van der Waals surface area contributed by atoms with Crippen LogP contribution in [0.25, 0.3) is 10.8 Å². The van der Waals surface area contributed by atoms with Gasteiger partial charge in [-0.05, 0) is 58.1 Å². The number of fused-ring (bicyclic) bond motifs is 1. The fraction of sp³-hybridized carbons (Fsp3) is 0.357. The van der Waals surface area contributed by atoms with Gasteiger partial charge in [0.1, 0.15) is 11.8 Å². The van der Waals surface area contributed by atoms with E-state index in [0.29, 0.717) is 12.3 Å². The predicted molar refractivity (Wildman–Crippen MR) is 139 cm³/mol. The minimum Gasteiger partial charge on any atom is -0.483 e. The minimum absolute atomic E-state index is 0.108. The van der Waals surface area contributed by atoms with Crippen LogP contribution < -0.4 is 10.1 Å². The SMILES string of the molecule is CC(C(=O)NC1CCCCC1)N(Cc1ccccc1)C(=O)COc1ccc2ccccc2c1Br. The zero-order valence-corrected chi connectivity index (χ0v) is 21.1. The molecule has 2 amide bonds. The molecule has 3 aromatic rings. The summed E-state index contributed by atoms with van der Waals surface area (Å²) in [6.45, 7) is 2.00. The van der Waals surface area contributed by atoms with Crippen molar-refractivity contribution in [2.24, 2.45) is 0 Å². The van der Waals surface area contributed by atoms with Crippen LogP contribution in [0.3, 0.4) is 0 Å². The topological polar surface area (TPSA) is 58.6 Å². The third-order valence-corrected chi connectivity index (χ3v) is 7.31. The first kappa shape index (κ1) is 24.3. The molecule has 0 spiro atoms. The molecular formula is C28H31BrN2O3. The van der Waals surface area contributed by atoms with Crippen molar-refractivity contribution in [2.75, 3.05) is 6.61 Å². The van der Waals surface area contributed by atoms with Gasteiger partial charge in [-0.15, -0.1) is 0 Å². The van der Waals surface area contributed by atoms with E-state index >= 15 is 0 Å². The van der Waals surface area contributed by atoms with Crippen molar-refractivity contribution in [1.82, 2.24) is 10.2 Å². The highest BCUT2D eigenvalue weighted by molar-refractivity contribution is 9.10. The van der Waals surface area contributed by atoms with Crippen LogP contribution >= 0.6 is 15.9 Å². The number of nitrogens with zero attached hydrogens (tertiary/aromatic N) is 1.